The molecule has 3 aromatic carbocycles. The Hall–Kier alpha value is -2.66. The lowest BCUT2D eigenvalue weighted by atomic mass is 9.80. The molecule has 0 saturated heterocycles. The minimum Gasteiger partial charge on any atom is -0.379 e. The average Bonchev–Trinajstić information content (AvgIpc) is 3.06. The van der Waals surface area contributed by atoms with E-state index in [9.17, 15) is 0 Å². The van der Waals surface area contributed by atoms with Crippen molar-refractivity contribution in [1.29, 1.82) is 0 Å². The predicted molar refractivity (Wildman–Crippen MR) is 167 cm³/mol. The van der Waals surface area contributed by atoms with Crippen LogP contribution >= 0.6 is 0 Å². The first-order valence-corrected chi connectivity index (χ1v) is 15.2. The van der Waals surface area contributed by atoms with E-state index in [1.54, 1.807) is 0 Å². The van der Waals surface area contributed by atoms with Crippen LogP contribution in [0.5, 0.6) is 0 Å². The fourth-order valence-electron chi connectivity index (χ4n) is 4.49. The molecule has 0 aliphatic rings. The number of hydrogen-bond acceptors (Lipinski definition) is 8. The van der Waals surface area contributed by atoms with Crippen LogP contribution in [0.3, 0.4) is 0 Å². The maximum atomic E-state index is 6.71. The minimum atomic E-state index is -0.740. The van der Waals surface area contributed by atoms with Gasteiger partial charge in [0, 0.05) is 6.61 Å². The van der Waals surface area contributed by atoms with Crippen LogP contribution in [0.2, 0.25) is 0 Å². The average molecular weight is 597 g/mol. The standard InChI is InChI=1S/C35H48O8/c1-2-36-18-19-37-20-21-38-22-23-39-24-25-40-26-27-41-28-29-42-30-31-43-35(32-12-6-3-7-13-32,33-14-8-4-9-15-33)34-16-10-5-11-17-34/h3-17H,2,18-31H2,1H3. The second kappa shape index (κ2) is 22.8. The molecule has 3 aromatic rings. The second-order valence-corrected chi connectivity index (χ2v) is 9.50. The van der Waals surface area contributed by atoms with Crippen molar-refractivity contribution in [2.45, 2.75) is 12.5 Å². The zero-order valence-electron chi connectivity index (χ0n) is 25.5. The van der Waals surface area contributed by atoms with Gasteiger partial charge in [0.15, 0.2) is 0 Å². The Kier molecular flexibility index (Phi) is 18.5. The fourth-order valence-corrected chi connectivity index (χ4v) is 4.49. The van der Waals surface area contributed by atoms with Gasteiger partial charge in [-0.2, -0.15) is 0 Å². The van der Waals surface area contributed by atoms with Gasteiger partial charge in [-0.1, -0.05) is 91.0 Å². The first-order valence-electron chi connectivity index (χ1n) is 15.2. The van der Waals surface area contributed by atoms with Gasteiger partial charge in [-0.25, -0.2) is 0 Å². The van der Waals surface area contributed by atoms with Gasteiger partial charge in [0.05, 0.1) is 92.5 Å². The Labute approximate surface area is 257 Å². The van der Waals surface area contributed by atoms with Crippen molar-refractivity contribution in [3.8, 4) is 0 Å². The predicted octanol–water partition coefficient (Wildman–Crippen LogP) is 5.13. The summed E-state index contributed by atoms with van der Waals surface area (Å²) in [6, 6.07) is 31.0. The van der Waals surface area contributed by atoms with Crippen molar-refractivity contribution < 1.29 is 37.9 Å². The molecule has 8 nitrogen and oxygen atoms in total. The highest BCUT2D eigenvalue weighted by Gasteiger charge is 2.37. The van der Waals surface area contributed by atoms with E-state index in [-0.39, 0.29) is 0 Å². The number of benzene rings is 3. The summed E-state index contributed by atoms with van der Waals surface area (Å²) < 4.78 is 45.3. The Bertz CT molecular complexity index is 939. The molecule has 0 aliphatic carbocycles. The van der Waals surface area contributed by atoms with Gasteiger partial charge < -0.3 is 37.9 Å². The van der Waals surface area contributed by atoms with Crippen LogP contribution in [0.15, 0.2) is 91.0 Å². The number of rotatable bonds is 26. The van der Waals surface area contributed by atoms with Crippen molar-refractivity contribution in [1.82, 2.24) is 0 Å². The molecule has 0 N–H and O–H groups in total. The van der Waals surface area contributed by atoms with E-state index >= 15 is 0 Å². The van der Waals surface area contributed by atoms with E-state index in [0.29, 0.717) is 99.1 Å². The van der Waals surface area contributed by atoms with Crippen LogP contribution in [0.25, 0.3) is 0 Å². The molecule has 0 atom stereocenters. The molecule has 0 unspecified atom stereocenters. The highest BCUT2D eigenvalue weighted by atomic mass is 16.6. The van der Waals surface area contributed by atoms with Gasteiger partial charge in [-0.3, -0.25) is 0 Å². The largest absolute Gasteiger partial charge is 0.379 e. The summed E-state index contributed by atoms with van der Waals surface area (Å²) >= 11 is 0. The summed E-state index contributed by atoms with van der Waals surface area (Å²) in [5.41, 5.74) is 2.48. The lowest BCUT2D eigenvalue weighted by Gasteiger charge is -2.36. The van der Waals surface area contributed by atoms with E-state index in [4.69, 9.17) is 37.9 Å². The molecular formula is C35H48O8. The van der Waals surface area contributed by atoms with Gasteiger partial charge in [0.1, 0.15) is 5.60 Å². The van der Waals surface area contributed by atoms with Crippen molar-refractivity contribution in [2.75, 3.05) is 99.1 Å². The zero-order valence-corrected chi connectivity index (χ0v) is 25.5. The normalized spacial score (nSPS) is 11.7. The molecule has 236 valence electrons. The van der Waals surface area contributed by atoms with Crippen LogP contribution in [-0.2, 0) is 43.5 Å². The van der Waals surface area contributed by atoms with Crippen molar-refractivity contribution >= 4 is 0 Å². The maximum Gasteiger partial charge on any atom is 0.143 e. The van der Waals surface area contributed by atoms with Crippen LogP contribution < -0.4 is 0 Å². The Morgan fingerprint density at radius 2 is 0.605 bits per heavy atom. The first kappa shape index (κ1) is 34.8. The topological polar surface area (TPSA) is 73.8 Å². The molecule has 43 heavy (non-hydrogen) atoms. The lowest BCUT2D eigenvalue weighted by Crippen LogP contribution is -2.34. The Morgan fingerprint density at radius 3 is 0.884 bits per heavy atom. The third-order valence-electron chi connectivity index (χ3n) is 6.52. The molecule has 0 radical (unpaired) electrons. The van der Waals surface area contributed by atoms with E-state index in [1.807, 2.05) is 61.5 Å². The summed E-state index contributed by atoms with van der Waals surface area (Å²) in [7, 11) is 0. The zero-order chi connectivity index (χ0) is 30.1. The molecule has 0 aromatic heterocycles. The highest BCUT2D eigenvalue weighted by Crippen LogP contribution is 2.40. The lowest BCUT2D eigenvalue weighted by molar-refractivity contribution is -0.0397. The summed E-state index contributed by atoms with van der Waals surface area (Å²) in [4.78, 5) is 0. The Morgan fingerprint density at radius 1 is 0.349 bits per heavy atom. The van der Waals surface area contributed by atoms with E-state index in [1.165, 1.54) is 0 Å². The molecule has 8 heteroatoms. The van der Waals surface area contributed by atoms with Crippen molar-refractivity contribution in [2.24, 2.45) is 0 Å². The van der Waals surface area contributed by atoms with E-state index in [0.717, 1.165) is 16.7 Å². The molecule has 0 aliphatic heterocycles. The third kappa shape index (κ3) is 13.3. The monoisotopic (exact) mass is 596 g/mol. The first-order chi connectivity index (χ1) is 21.4. The van der Waals surface area contributed by atoms with E-state index < -0.39 is 5.60 Å². The fraction of sp³-hybridized carbons (Fsp3) is 0.486. The van der Waals surface area contributed by atoms with Gasteiger partial charge in [0.2, 0.25) is 0 Å². The molecule has 0 saturated carbocycles. The molecule has 0 spiro atoms. The number of hydrogen-bond donors (Lipinski definition) is 0. The third-order valence-corrected chi connectivity index (χ3v) is 6.52. The molecule has 3 rings (SSSR count). The van der Waals surface area contributed by atoms with Gasteiger partial charge in [-0.15, -0.1) is 0 Å². The van der Waals surface area contributed by atoms with Crippen molar-refractivity contribution in [3.63, 3.8) is 0 Å². The quantitative estimate of drug-likeness (QED) is 0.0933. The molecule has 0 amide bonds. The smallest absolute Gasteiger partial charge is 0.143 e. The maximum absolute atomic E-state index is 6.71. The van der Waals surface area contributed by atoms with Crippen LogP contribution in [-0.4, -0.2) is 99.1 Å². The summed E-state index contributed by atoms with van der Waals surface area (Å²) in [5.74, 6) is 0. The number of ether oxygens (including phenoxy) is 8. The minimum absolute atomic E-state index is 0.426. The summed E-state index contributed by atoms with van der Waals surface area (Å²) in [6.07, 6.45) is 0. The molecule has 0 bridgehead atoms. The van der Waals surface area contributed by atoms with Crippen LogP contribution in [0, 0.1) is 0 Å². The Balaban J connectivity index is 1.24. The van der Waals surface area contributed by atoms with Gasteiger partial charge in [0.25, 0.3) is 0 Å². The van der Waals surface area contributed by atoms with Crippen molar-refractivity contribution in [3.05, 3.63) is 108 Å². The molecule has 0 heterocycles. The second-order valence-electron chi connectivity index (χ2n) is 9.50. The van der Waals surface area contributed by atoms with Crippen LogP contribution in [0.1, 0.15) is 23.6 Å². The van der Waals surface area contributed by atoms with E-state index in [2.05, 4.69) is 36.4 Å². The highest BCUT2D eigenvalue weighted by molar-refractivity contribution is 5.47. The summed E-state index contributed by atoms with van der Waals surface area (Å²) in [6.45, 7) is 9.98. The molecular weight excluding hydrogens is 548 g/mol. The van der Waals surface area contributed by atoms with Crippen LogP contribution in [0.4, 0.5) is 0 Å². The van der Waals surface area contributed by atoms with Gasteiger partial charge in [-0.05, 0) is 23.6 Å². The molecule has 0 fully saturated rings. The SMILES string of the molecule is CCOCCOCCOCCOCCOCCOCCOCCOC(c1ccccc1)(c1ccccc1)c1ccccc1. The summed E-state index contributed by atoms with van der Waals surface area (Å²) in [5, 5.41) is 0. The van der Waals surface area contributed by atoms with Gasteiger partial charge >= 0.3 is 0 Å².